The number of unbranched alkanes of at least 4 members (excludes halogenated alkanes) is 6. The van der Waals surface area contributed by atoms with Gasteiger partial charge in [-0.3, -0.25) is 4.79 Å². The molecule has 1 heterocycles. The van der Waals surface area contributed by atoms with Crippen LogP contribution in [0.2, 0.25) is 0 Å². The fraction of sp³-hybridized carbons (Fsp3) is 0.688. The predicted molar refractivity (Wildman–Crippen MR) is 91.1 cm³/mol. The lowest BCUT2D eigenvalue weighted by atomic mass is 10.1. The molecular formula is C16H26BrNOS. The van der Waals surface area contributed by atoms with Crippen molar-refractivity contribution in [2.24, 2.45) is 0 Å². The minimum atomic E-state index is 0.265. The molecule has 4 heteroatoms. The van der Waals surface area contributed by atoms with Crippen LogP contribution in [0.5, 0.6) is 0 Å². The van der Waals surface area contributed by atoms with Gasteiger partial charge in [0.15, 0.2) is 0 Å². The van der Waals surface area contributed by atoms with Crippen LogP contribution < -0.4 is 0 Å². The van der Waals surface area contributed by atoms with Crippen molar-refractivity contribution in [2.75, 3.05) is 7.05 Å². The number of carbonyl (C=O) groups is 1. The predicted octanol–water partition coefficient (Wildman–Crippen LogP) is 5.61. The normalized spacial score (nSPS) is 10.8. The van der Waals surface area contributed by atoms with E-state index in [2.05, 4.69) is 34.3 Å². The van der Waals surface area contributed by atoms with Crippen molar-refractivity contribution in [2.45, 2.75) is 64.8 Å². The number of carbonyl (C=O) groups excluding carboxylic acids is 1. The first-order chi connectivity index (χ1) is 9.63. The highest BCUT2D eigenvalue weighted by atomic mass is 79.9. The Labute approximate surface area is 135 Å². The summed E-state index contributed by atoms with van der Waals surface area (Å²) in [5, 5.41) is 2.10. The van der Waals surface area contributed by atoms with Crippen LogP contribution in [0, 0.1) is 0 Å². The van der Waals surface area contributed by atoms with Crippen molar-refractivity contribution >= 4 is 33.2 Å². The molecule has 0 N–H and O–H groups in total. The SMILES string of the molecule is CCCCCCCCCC(=O)N(C)Cc1csc(Br)c1. The van der Waals surface area contributed by atoms with E-state index >= 15 is 0 Å². The molecule has 2 nitrogen and oxygen atoms in total. The molecule has 0 unspecified atom stereocenters. The van der Waals surface area contributed by atoms with Gasteiger partial charge < -0.3 is 4.90 Å². The zero-order valence-corrected chi connectivity index (χ0v) is 15.1. The summed E-state index contributed by atoms with van der Waals surface area (Å²) in [4.78, 5) is 13.8. The molecule has 1 rings (SSSR count). The van der Waals surface area contributed by atoms with Crippen molar-refractivity contribution in [3.63, 3.8) is 0 Å². The van der Waals surface area contributed by atoms with Crippen LogP contribution in [0.25, 0.3) is 0 Å². The summed E-state index contributed by atoms with van der Waals surface area (Å²) in [6.45, 7) is 2.96. The molecule has 0 aliphatic carbocycles. The number of hydrogen-bond acceptors (Lipinski definition) is 2. The Bertz CT molecular complexity index is 392. The number of rotatable bonds is 10. The fourth-order valence-electron chi connectivity index (χ4n) is 2.21. The summed E-state index contributed by atoms with van der Waals surface area (Å²) >= 11 is 5.12. The third kappa shape index (κ3) is 7.44. The largest absolute Gasteiger partial charge is 0.341 e. The minimum absolute atomic E-state index is 0.265. The molecule has 0 radical (unpaired) electrons. The maximum Gasteiger partial charge on any atom is 0.222 e. The highest BCUT2D eigenvalue weighted by Gasteiger charge is 2.09. The molecular weight excluding hydrogens is 334 g/mol. The molecule has 0 aromatic carbocycles. The van der Waals surface area contributed by atoms with Gasteiger partial charge in [-0.25, -0.2) is 0 Å². The maximum absolute atomic E-state index is 12.0. The quantitative estimate of drug-likeness (QED) is 0.497. The van der Waals surface area contributed by atoms with E-state index in [4.69, 9.17) is 0 Å². The molecule has 0 spiro atoms. The lowest BCUT2D eigenvalue weighted by Crippen LogP contribution is -2.25. The van der Waals surface area contributed by atoms with Crippen molar-refractivity contribution in [1.82, 2.24) is 4.90 Å². The first-order valence-corrected chi connectivity index (χ1v) is 9.27. The Morgan fingerprint density at radius 2 is 1.85 bits per heavy atom. The monoisotopic (exact) mass is 359 g/mol. The van der Waals surface area contributed by atoms with Gasteiger partial charge in [0, 0.05) is 20.0 Å². The summed E-state index contributed by atoms with van der Waals surface area (Å²) in [6.07, 6.45) is 9.48. The molecule has 0 saturated carbocycles. The molecule has 1 aromatic rings. The summed E-state index contributed by atoms with van der Waals surface area (Å²) in [6, 6.07) is 2.09. The van der Waals surface area contributed by atoms with Crippen LogP contribution in [-0.2, 0) is 11.3 Å². The lowest BCUT2D eigenvalue weighted by Gasteiger charge is -2.16. The number of hydrogen-bond donors (Lipinski definition) is 0. The second-order valence-electron chi connectivity index (χ2n) is 5.38. The van der Waals surface area contributed by atoms with E-state index in [0.29, 0.717) is 6.42 Å². The van der Waals surface area contributed by atoms with Gasteiger partial charge in [-0.2, -0.15) is 0 Å². The highest BCUT2D eigenvalue weighted by molar-refractivity contribution is 9.11. The Kier molecular flexibility index (Phi) is 9.19. The van der Waals surface area contributed by atoms with Gasteiger partial charge in [-0.05, 0) is 39.4 Å². The lowest BCUT2D eigenvalue weighted by molar-refractivity contribution is -0.130. The number of halogens is 1. The van der Waals surface area contributed by atoms with Crippen LogP contribution in [0.4, 0.5) is 0 Å². The second kappa shape index (κ2) is 10.4. The van der Waals surface area contributed by atoms with Crippen LogP contribution >= 0.6 is 27.3 Å². The topological polar surface area (TPSA) is 20.3 Å². The first kappa shape index (κ1) is 17.7. The van der Waals surface area contributed by atoms with E-state index in [1.54, 1.807) is 11.3 Å². The maximum atomic E-state index is 12.0. The molecule has 1 aromatic heterocycles. The highest BCUT2D eigenvalue weighted by Crippen LogP contribution is 2.21. The average molecular weight is 360 g/mol. The van der Waals surface area contributed by atoms with E-state index < -0.39 is 0 Å². The Balaban J connectivity index is 2.09. The van der Waals surface area contributed by atoms with Gasteiger partial charge in [0.1, 0.15) is 0 Å². The van der Waals surface area contributed by atoms with Crippen LogP contribution in [0.3, 0.4) is 0 Å². The van der Waals surface area contributed by atoms with E-state index in [-0.39, 0.29) is 5.91 Å². The van der Waals surface area contributed by atoms with Gasteiger partial charge >= 0.3 is 0 Å². The zero-order valence-electron chi connectivity index (χ0n) is 12.7. The minimum Gasteiger partial charge on any atom is -0.341 e. The summed E-state index contributed by atoms with van der Waals surface area (Å²) < 4.78 is 1.13. The smallest absolute Gasteiger partial charge is 0.222 e. The Morgan fingerprint density at radius 1 is 1.20 bits per heavy atom. The zero-order chi connectivity index (χ0) is 14.8. The van der Waals surface area contributed by atoms with E-state index in [1.165, 1.54) is 44.1 Å². The van der Waals surface area contributed by atoms with E-state index in [1.807, 2.05) is 11.9 Å². The van der Waals surface area contributed by atoms with Crippen LogP contribution in [0.15, 0.2) is 15.2 Å². The Morgan fingerprint density at radius 3 is 2.45 bits per heavy atom. The third-order valence-electron chi connectivity index (χ3n) is 3.46. The summed E-state index contributed by atoms with van der Waals surface area (Å²) in [5.41, 5.74) is 1.21. The van der Waals surface area contributed by atoms with E-state index in [9.17, 15) is 4.79 Å². The van der Waals surface area contributed by atoms with Gasteiger partial charge in [-0.1, -0.05) is 45.4 Å². The fourth-order valence-corrected chi connectivity index (χ4v) is 3.42. The summed E-state index contributed by atoms with van der Waals surface area (Å²) in [5.74, 6) is 0.265. The van der Waals surface area contributed by atoms with Crippen molar-refractivity contribution in [3.8, 4) is 0 Å². The molecule has 0 atom stereocenters. The van der Waals surface area contributed by atoms with Gasteiger partial charge in [-0.15, -0.1) is 11.3 Å². The molecule has 114 valence electrons. The standard InChI is InChI=1S/C16H26BrNOS/c1-3-4-5-6-7-8-9-10-16(19)18(2)12-14-11-15(17)20-13-14/h11,13H,3-10,12H2,1-2H3. The van der Waals surface area contributed by atoms with Gasteiger partial charge in [0.05, 0.1) is 3.79 Å². The molecule has 0 fully saturated rings. The van der Waals surface area contributed by atoms with Crippen LogP contribution in [-0.4, -0.2) is 17.9 Å². The van der Waals surface area contributed by atoms with Crippen molar-refractivity contribution in [1.29, 1.82) is 0 Å². The van der Waals surface area contributed by atoms with Crippen LogP contribution in [0.1, 0.15) is 63.9 Å². The molecule has 20 heavy (non-hydrogen) atoms. The van der Waals surface area contributed by atoms with Gasteiger partial charge in [0.25, 0.3) is 0 Å². The van der Waals surface area contributed by atoms with Crippen molar-refractivity contribution < 1.29 is 4.79 Å². The number of nitrogens with zero attached hydrogens (tertiary/aromatic N) is 1. The van der Waals surface area contributed by atoms with E-state index in [0.717, 1.165) is 16.8 Å². The Hall–Kier alpha value is -0.350. The summed E-state index contributed by atoms with van der Waals surface area (Å²) in [7, 11) is 1.90. The average Bonchev–Trinajstić information content (AvgIpc) is 2.82. The molecule has 0 saturated heterocycles. The van der Waals surface area contributed by atoms with Crippen molar-refractivity contribution in [3.05, 3.63) is 20.8 Å². The molecule has 0 bridgehead atoms. The molecule has 0 aliphatic heterocycles. The first-order valence-electron chi connectivity index (χ1n) is 7.60. The third-order valence-corrected chi connectivity index (χ3v) is 5.01. The number of thiophene rings is 1. The number of amides is 1. The molecule has 0 aliphatic rings. The van der Waals surface area contributed by atoms with Gasteiger partial charge in [0.2, 0.25) is 5.91 Å². The second-order valence-corrected chi connectivity index (χ2v) is 7.67. The molecule has 1 amide bonds.